The van der Waals surface area contributed by atoms with Crippen LogP contribution in [0.1, 0.15) is 15.9 Å². The van der Waals surface area contributed by atoms with Gasteiger partial charge in [-0.1, -0.05) is 17.7 Å². The first-order chi connectivity index (χ1) is 10.9. The predicted octanol–water partition coefficient (Wildman–Crippen LogP) is 3.75. The molecule has 0 saturated carbocycles. The zero-order chi connectivity index (χ0) is 17.0. The van der Waals surface area contributed by atoms with Gasteiger partial charge in [-0.15, -0.1) is 0 Å². The van der Waals surface area contributed by atoms with Gasteiger partial charge in [0.25, 0.3) is 5.69 Å². The van der Waals surface area contributed by atoms with Crippen molar-refractivity contribution >= 4 is 23.3 Å². The van der Waals surface area contributed by atoms with Gasteiger partial charge in [-0.3, -0.25) is 10.1 Å². The Kier molecular flexibility index (Phi) is 5.13. The van der Waals surface area contributed by atoms with Crippen molar-refractivity contribution in [1.82, 2.24) is 0 Å². The molecule has 8 heteroatoms. The number of non-ortho nitro benzene ring substituents is 1. The van der Waals surface area contributed by atoms with Gasteiger partial charge in [0.2, 0.25) is 0 Å². The normalized spacial score (nSPS) is 10.2. The van der Waals surface area contributed by atoms with Gasteiger partial charge in [-0.2, -0.15) is 0 Å². The number of methoxy groups -OCH3 is 1. The number of nitro groups is 1. The van der Waals surface area contributed by atoms with Gasteiger partial charge < -0.3 is 9.47 Å². The van der Waals surface area contributed by atoms with Crippen molar-refractivity contribution in [3.63, 3.8) is 0 Å². The van der Waals surface area contributed by atoms with E-state index in [0.29, 0.717) is 5.56 Å². The molecule has 0 aromatic heterocycles. The van der Waals surface area contributed by atoms with Crippen LogP contribution in [0.4, 0.5) is 10.1 Å². The Morgan fingerprint density at radius 1 is 1.30 bits per heavy atom. The number of carbonyl (C=O) groups is 1. The lowest BCUT2D eigenvalue weighted by molar-refractivity contribution is -0.384. The van der Waals surface area contributed by atoms with Gasteiger partial charge in [0, 0.05) is 17.7 Å². The SMILES string of the molecule is COC(=O)c1cc(F)ccc1COc1ccc([N+](=O)[O-])cc1Cl. The lowest BCUT2D eigenvalue weighted by atomic mass is 10.1. The summed E-state index contributed by atoms with van der Waals surface area (Å²) in [6, 6.07) is 7.36. The average Bonchev–Trinajstić information content (AvgIpc) is 2.53. The Bertz CT molecular complexity index is 766. The van der Waals surface area contributed by atoms with Gasteiger partial charge in [0.05, 0.1) is 22.6 Å². The van der Waals surface area contributed by atoms with E-state index in [1.165, 1.54) is 31.4 Å². The largest absolute Gasteiger partial charge is 0.487 e. The summed E-state index contributed by atoms with van der Waals surface area (Å²) < 4.78 is 23.3. The molecule has 0 heterocycles. The molecule has 0 bridgehead atoms. The van der Waals surface area contributed by atoms with Crippen LogP contribution in [0.25, 0.3) is 0 Å². The van der Waals surface area contributed by atoms with E-state index in [1.54, 1.807) is 0 Å². The monoisotopic (exact) mass is 339 g/mol. The molecule has 0 spiro atoms. The number of rotatable bonds is 5. The molecule has 2 rings (SSSR count). The van der Waals surface area contributed by atoms with Gasteiger partial charge in [-0.05, 0) is 18.2 Å². The summed E-state index contributed by atoms with van der Waals surface area (Å²) in [6.07, 6.45) is 0. The molecule has 0 aliphatic heterocycles. The number of nitrogens with zero attached hydrogens (tertiary/aromatic N) is 1. The van der Waals surface area contributed by atoms with Crippen molar-refractivity contribution in [3.8, 4) is 5.75 Å². The first-order valence-electron chi connectivity index (χ1n) is 6.36. The van der Waals surface area contributed by atoms with E-state index < -0.39 is 16.7 Å². The second kappa shape index (κ2) is 7.06. The highest BCUT2D eigenvalue weighted by molar-refractivity contribution is 6.32. The Hall–Kier alpha value is -2.67. The van der Waals surface area contributed by atoms with Crippen LogP contribution < -0.4 is 4.74 Å². The minimum atomic E-state index is -0.696. The van der Waals surface area contributed by atoms with Gasteiger partial charge >= 0.3 is 5.97 Å². The van der Waals surface area contributed by atoms with Crippen molar-refractivity contribution in [3.05, 3.63) is 68.5 Å². The lowest BCUT2D eigenvalue weighted by Gasteiger charge is -2.11. The standard InChI is InChI=1S/C15H11ClFNO5/c1-22-15(19)12-6-10(17)3-2-9(12)8-23-14-5-4-11(18(20)21)7-13(14)16/h2-7H,8H2,1H3. The highest BCUT2D eigenvalue weighted by Crippen LogP contribution is 2.29. The van der Waals surface area contributed by atoms with E-state index in [0.717, 1.165) is 12.1 Å². The summed E-state index contributed by atoms with van der Waals surface area (Å²) in [5.41, 5.74) is 0.262. The Labute approximate surface area is 135 Å². The smallest absolute Gasteiger partial charge is 0.338 e. The molecule has 0 unspecified atom stereocenters. The van der Waals surface area contributed by atoms with Crippen molar-refractivity contribution in [2.24, 2.45) is 0 Å². The summed E-state index contributed by atoms with van der Waals surface area (Å²) in [5.74, 6) is -1.07. The summed E-state index contributed by atoms with van der Waals surface area (Å²) >= 11 is 5.91. The van der Waals surface area contributed by atoms with E-state index in [4.69, 9.17) is 16.3 Å². The molecule has 6 nitrogen and oxygen atoms in total. The highest BCUT2D eigenvalue weighted by atomic mass is 35.5. The number of halogens is 2. The Morgan fingerprint density at radius 3 is 2.65 bits per heavy atom. The summed E-state index contributed by atoms with van der Waals surface area (Å²) in [6.45, 7) is -0.0811. The van der Waals surface area contributed by atoms with Gasteiger partial charge in [-0.25, -0.2) is 9.18 Å². The maximum absolute atomic E-state index is 13.3. The van der Waals surface area contributed by atoms with Crippen LogP contribution in [0, 0.1) is 15.9 Å². The maximum Gasteiger partial charge on any atom is 0.338 e. The second-order valence-corrected chi connectivity index (χ2v) is 4.86. The molecule has 2 aromatic carbocycles. The minimum Gasteiger partial charge on any atom is -0.487 e. The highest BCUT2D eigenvalue weighted by Gasteiger charge is 2.15. The van der Waals surface area contributed by atoms with Crippen LogP contribution in [0.5, 0.6) is 5.75 Å². The van der Waals surface area contributed by atoms with Crippen LogP contribution in [-0.2, 0) is 11.3 Å². The third-order valence-corrected chi connectivity index (χ3v) is 3.28. The molecular weight excluding hydrogens is 329 g/mol. The van der Waals surface area contributed by atoms with Gasteiger partial charge in [0.15, 0.2) is 0 Å². The second-order valence-electron chi connectivity index (χ2n) is 4.45. The van der Waals surface area contributed by atoms with Crippen molar-refractivity contribution in [2.45, 2.75) is 6.61 Å². The van der Waals surface area contributed by atoms with Crippen molar-refractivity contribution in [1.29, 1.82) is 0 Å². The molecule has 23 heavy (non-hydrogen) atoms. The van der Waals surface area contributed by atoms with E-state index >= 15 is 0 Å². The average molecular weight is 340 g/mol. The quantitative estimate of drug-likeness (QED) is 0.471. The number of carbonyl (C=O) groups excluding carboxylic acids is 1. The first kappa shape index (κ1) is 16.7. The summed E-state index contributed by atoms with van der Waals surface area (Å²) in [7, 11) is 1.19. The zero-order valence-corrected chi connectivity index (χ0v) is 12.7. The Balaban J connectivity index is 2.21. The molecule has 0 amide bonds. The fourth-order valence-corrected chi connectivity index (χ4v) is 2.08. The van der Waals surface area contributed by atoms with Crippen LogP contribution in [0.2, 0.25) is 5.02 Å². The number of ether oxygens (including phenoxy) is 2. The maximum atomic E-state index is 13.3. The number of esters is 1. The van der Waals surface area contributed by atoms with Crippen LogP contribution >= 0.6 is 11.6 Å². The molecule has 0 N–H and O–H groups in total. The molecule has 0 aliphatic rings. The predicted molar refractivity (Wildman–Crippen MR) is 80.2 cm³/mol. The Morgan fingerprint density at radius 2 is 2.04 bits per heavy atom. The third-order valence-electron chi connectivity index (χ3n) is 2.99. The van der Waals surface area contributed by atoms with E-state index in [-0.39, 0.29) is 28.6 Å². The number of hydrogen-bond donors (Lipinski definition) is 0. The molecule has 0 radical (unpaired) electrons. The lowest BCUT2D eigenvalue weighted by Crippen LogP contribution is -2.08. The number of hydrogen-bond acceptors (Lipinski definition) is 5. The minimum absolute atomic E-state index is 0.0329. The van der Waals surface area contributed by atoms with E-state index in [2.05, 4.69) is 4.74 Å². The van der Waals surface area contributed by atoms with Crippen molar-refractivity contribution in [2.75, 3.05) is 7.11 Å². The molecule has 0 fully saturated rings. The zero-order valence-electron chi connectivity index (χ0n) is 11.9. The number of benzene rings is 2. The first-order valence-corrected chi connectivity index (χ1v) is 6.73. The molecule has 0 aliphatic carbocycles. The van der Waals surface area contributed by atoms with Crippen LogP contribution in [0.3, 0.4) is 0 Å². The van der Waals surface area contributed by atoms with Crippen LogP contribution in [-0.4, -0.2) is 18.0 Å². The molecular formula is C15H11ClFNO5. The van der Waals surface area contributed by atoms with Crippen molar-refractivity contribution < 1.29 is 23.6 Å². The summed E-state index contributed by atoms with van der Waals surface area (Å²) in [4.78, 5) is 21.7. The third kappa shape index (κ3) is 3.95. The molecule has 0 saturated heterocycles. The van der Waals surface area contributed by atoms with E-state index in [1.807, 2.05) is 0 Å². The fraction of sp³-hybridized carbons (Fsp3) is 0.133. The fourth-order valence-electron chi connectivity index (χ4n) is 1.85. The van der Waals surface area contributed by atoms with Crippen LogP contribution in [0.15, 0.2) is 36.4 Å². The van der Waals surface area contributed by atoms with Gasteiger partial charge in [0.1, 0.15) is 18.2 Å². The molecule has 2 aromatic rings. The van der Waals surface area contributed by atoms with E-state index in [9.17, 15) is 19.3 Å². The summed E-state index contributed by atoms with van der Waals surface area (Å²) in [5, 5.41) is 10.7. The molecule has 120 valence electrons. The molecule has 0 atom stereocenters. The number of nitro benzene ring substituents is 1. The topological polar surface area (TPSA) is 78.7 Å².